The topological polar surface area (TPSA) is 43.4 Å². The standard InChI is InChI=1S/C12H13ClO3/c1-8-9(11(14)6-7-13)4-3-5-10(8)12(15)16-2/h3-5H,6-7H2,1-2H3. The van der Waals surface area contributed by atoms with Crippen LogP contribution in [0.3, 0.4) is 0 Å². The van der Waals surface area contributed by atoms with Crippen molar-refractivity contribution < 1.29 is 14.3 Å². The van der Waals surface area contributed by atoms with Crippen LogP contribution in [0.4, 0.5) is 0 Å². The maximum atomic E-state index is 11.7. The zero-order valence-electron chi connectivity index (χ0n) is 9.25. The molecule has 0 spiro atoms. The second-order valence-corrected chi connectivity index (χ2v) is 3.71. The second-order valence-electron chi connectivity index (χ2n) is 3.33. The Kier molecular flexibility index (Phi) is 4.50. The number of hydrogen-bond acceptors (Lipinski definition) is 3. The van der Waals surface area contributed by atoms with Gasteiger partial charge in [0.25, 0.3) is 0 Å². The number of halogens is 1. The molecular weight excluding hydrogens is 228 g/mol. The molecule has 0 aliphatic rings. The van der Waals surface area contributed by atoms with Gasteiger partial charge < -0.3 is 4.74 Å². The summed E-state index contributed by atoms with van der Waals surface area (Å²) in [6, 6.07) is 5.00. The van der Waals surface area contributed by atoms with E-state index >= 15 is 0 Å². The first-order valence-corrected chi connectivity index (χ1v) is 5.42. The smallest absolute Gasteiger partial charge is 0.338 e. The molecule has 0 bridgehead atoms. The molecular formula is C12H13ClO3. The zero-order chi connectivity index (χ0) is 12.1. The van der Waals surface area contributed by atoms with Gasteiger partial charge in [0.15, 0.2) is 5.78 Å². The first-order chi connectivity index (χ1) is 7.61. The largest absolute Gasteiger partial charge is 0.465 e. The minimum atomic E-state index is -0.432. The third kappa shape index (κ3) is 2.61. The van der Waals surface area contributed by atoms with E-state index in [2.05, 4.69) is 4.74 Å². The fraction of sp³-hybridized carbons (Fsp3) is 0.333. The highest BCUT2D eigenvalue weighted by Crippen LogP contribution is 2.16. The summed E-state index contributed by atoms with van der Waals surface area (Å²) in [6.45, 7) is 1.73. The molecule has 0 aromatic heterocycles. The molecule has 0 atom stereocenters. The SMILES string of the molecule is COC(=O)c1cccc(C(=O)CCCl)c1C. The number of rotatable bonds is 4. The Morgan fingerprint density at radius 1 is 1.31 bits per heavy atom. The van der Waals surface area contributed by atoms with E-state index in [-0.39, 0.29) is 18.1 Å². The van der Waals surface area contributed by atoms with E-state index in [1.54, 1.807) is 25.1 Å². The molecule has 86 valence electrons. The Labute approximate surface area is 99.4 Å². The highest BCUT2D eigenvalue weighted by molar-refractivity contribution is 6.19. The normalized spacial score (nSPS) is 9.94. The number of Topliss-reactive ketones (excluding diaryl/α,β-unsaturated/α-hetero) is 1. The fourth-order valence-electron chi connectivity index (χ4n) is 1.49. The van der Waals surface area contributed by atoms with Gasteiger partial charge in [-0.3, -0.25) is 4.79 Å². The number of methoxy groups -OCH3 is 1. The van der Waals surface area contributed by atoms with E-state index in [9.17, 15) is 9.59 Å². The molecule has 0 unspecified atom stereocenters. The van der Waals surface area contributed by atoms with Crippen molar-refractivity contribution in [3.05, 3.63) is 34.9 Å². The summed E-state index contributed by atoms with van der Waals surface area (Å²) in [4.78, 5) is 23.1. The lowest BCUT2D eigenvalue weighted by molar-refractivity contribution is 0.0600. The lowest BCUT2D eigenvalue weighted by Gasteiger charge is -2.08. The molecule has 1 aromatic rings. The molecule has 0 saturated heterocycles. The van der Waals surface area contributed by atoms with E-state index in [1.807, 2.05) is 0 Å². The van der Waals surface area contributed by atoms with Crippen LogP contribution >= 0.6 is 11.6 Å². The van der Waals surface area contributed by atoms with Crippen LogP contribution in [-0.4, -0.2) is 24.7 Å². The Bertz CT molecular complexity index is 413. The Morgan fingerprint density at radius 2 is 1.94 bits per heavy atom. The third-order valence-electron chi connectivity index (χ3n) is 2.36. The quantitative estimate of drug-likeness (QED) is 0.462. The summed E-state index contributed by atoms with van der Waals surface area (Å²) in [5, 5.41) is 0. The first-order valence-electron chi connectivity index (χ1n) is 4.89. The van der Waals surface area contributed by atoms with Crippen LogP contribution in [0.1, 0.15) is 32.7 Å². The number of ketones is 1. The number of carbonyl (C=O) groups is 2. The van der Waals surface area contributed by atoms with Crippen LogP contribution in [0.25, 0.3) is 0 Å². The second kappa shape index (κ2) is 5.66. The molecule has 0 amide bonds. The summed E-state index contributed by atoms with van der Waals surface area (Å²) in [7, 11) is 1.31. The number of alkyl halides is 1. The molecule has 0 radical (unpaired) electrons. The molecule has 0 aliphatic carbocycles. The molecule has 16 heavy (non-hydrogen) atoms. The van der Waals surface area contributed by atoms with E-state index in [1.165, 1.54) is 7.11 Å². The van der Waals surface area contributed by atoms with Gasteiger partial charge in [0.05, 0.1) is 12.7 Å². The highest BCUT2D eigenvalue weighted by Gasteiger charge is 2.15. The van der Waals surface area contributed by atoms with Crippen LogP contribution in [0.2, 0.25) is 0 Å². The van der Waals surface area contributed by atoms with E-state index < -0.39 is 5.97 Å². The Morgan fingerprint density at radius 3 is 2.50 bits per heavy atom. The summed E-state index contributed by atoms with van der Waals surface area (Å²) in [5.41, 5.74) is 1.59. The number of esters is 1. The monoisotopic (exact) mass is 240 g/mol. The predicted molar refractivity (Wildman–Crippen MR) is 62.2 cm³/mol. The van der Waals surface area contributed by atoms with Crippen LogP contribution < -0.4 is 0 Å². The van der Waals surface area contributed by atoms with Gasteiger partial charge in [-0.15, -0.1) is 11.6 Å². The average molecular weight is 241 g/mol. The van der Waals surface area contributed by atoms with Crippen molar-refractivity contribution in [2.75, 3.05) is 13.0 Å². The molecule has 0 saturated carbocycles. The van der Waals surface area contributed by atoms with Crippen LogP contribution in [0.15, 0.2) is 18.2 Å². The van der Waals surface area contributed by atoms with Crippen molar-refractivity contribution in [3.63, 3.8) is 0 Å². The minimum absolute atomic E-state index is 0.0572. The first kappa shape index (κ1) is 12.7. The maximum absolute atomic E-state index is 11.7. The van der Waals surface area contributed by atoms with Crippen LogP contribution in [0.5, 0.6) is 0 Å². The van der Waals surface area contributed by atoms with Crippen LogP contribution in [0, 0.1) is 6.92 Å². The summed E-state index contributed by atoms with van der Waals surface area (Å²) < 4.78 is 4.64. The molecule has 4 heteroatoms. The van der Waals surface area contributed by atoms with Crippen molar-refractivity contribution in [1.29, 1.82) is 0 Å². The van der Waals surface area contributed by atoms with Gasteiger partial charge in [0.2, 0.25) is 0 Å². The predicted octanol–water partition coefficient (Wildman–Crippen LogP) is 2.59. The van der Waals surface area contributed by atoms with Gasteiger partial charge in [-0.05, 0) is 18.6 Å². The van der Waals surface area contributed by atoms with Crippen molar-refractivity contribution in [3.8, 4) is 0 Å². The summed E-state index contributed by atoms with van der Waals surface area (Å²) in [5.74, 6) is -0.211. The number of carbonyl (C=O) groups excluding carboxylic acids is 2. The molecule has 3 nitrogen and oxygen atoms in total. The van der Waals surface area contributed by atoms with Crippen molar-refractivity contribution in [1.82, 2.24) is 0 Å². The fourth-order valence-corrected chi connectivity index (χ4v) is 1.66. The van der Waals surface area contributed by atoms with Crippen molar-refractivity contribution in [2.24, 2.45) is 0 Å². The summed E-state index contributed by atoms with van der Waals surface area (Å²) >= 11 is 5.52. The van der Waals surface area contributed by atoms with Gasteiger partial charge in [-0.25, -0.2) is 4.79 Å². The van der Waals surface area contributed by atoms with Gasteiger partial charge in [0, 0.05) is 17.9 Å². The lowest BCUT2D eigenvalue weighted by atomic mass is 9.98. The van der Waals surface area contributed by atoms with Crippen LogP contribution in [-0.2, 0) is 4.74 Å². The Balaban J connectivity index is 3.13. The molecule has 0 fully saturated rings. The van der Waals surface area contributed by atoms with Gasteiger partial charge in [-0.1, -0.05) is 12.1 Å². The van der Waals surface area contributed by atoms with E-state index in [0.29, 0.717) is 16.7 Å². The zero-order valence-corrected chi connectivity index (χ0v) is 10.0. The average Bonchev–Trinajstić information content (AvgIpc) is 2.28. The molecule has 0 N–H and O–H groups in total. The Hall–Kier alpha value is -1.35. The third-order valence-corrected chi connectivity index (χ3v) is 2.55. The molecule has 1 aromatic carbocycles. The lowest BCUT2D eigenvalue weighted by Crippen LogP contribution is -2.09. The van der Waals surface area contributed by atoms with Gasteiger partial charge in [-0.2, -0.15) is 0 Å². The van der Waals surface area contributed by atoms with E-state index in [0.717, 1.165) is 0 Å². The number of benzene rings is 1. The van der Waals surface area contributed by atoms with Crippen molar-refractivity contribution >= 4 is 23.4 Å². The highest BCUT2D eigenvalue weighted by atomic mass is 35.5. The number of ether oxygens (including phenoxy) is 1. The number of hydrogen-bond donors (Lipinski definition) is 0. The molecule has 0 aliphatic heterocycles. The maximum Gasteiger partial charge on any atom is 0.338 e. The van der Waals surface area contributed by atoms with E-state index in [4.69, 9.17) is 11.6 Å². The molecule has 1 rings (SSSR count). The summed E-state index contributed by atoms with van der Waals surface area (Å²) in [6.07, 6.45) is 0.271. The minimum Gasteiger partial charge on any atom is -0.465 e. The van der Waals surface area contributed by atoms with Gasteiger partial charge in [0.1, 0.15) is 0 Å². The molecule has 0 heterocycles. The van der Waals surface area contributed by atoms with Gasteiger partial charge >= 0.3 is 5.97 Å². The van der Waals surface area contributed by atoms with Crippen molar-refractivity contribution in [2.45, 2.75) is 13.3 Å².